The number of fused-ring (bicyclic) bond motifs is 10. The van der Waals surface area contributed by atoms with Gasteiger partial charge in [0.2, 0.25) is 0 Å². The van der Waals surface area contributed by atoms with Crippen LogP contribution in [-0.2, 0) is 5.41 Å². The molecule has 0 saturated heterocycles. The Kier molecular flexibility index (Phi) is 4.88. The molecule has 2 aliphatic carbocycles. The van der Waals surface area contributed by atoms with Gasteiger partial charge in [-0.15, -0.1) is 0 Å². The standard InChI is InChI=1S/C45H30/c1-45(2)42-16-6-5-13-35(42)36-22-19-31(25-43(36)45)29-11-7-10-28(23-29)30-18-21-33-37-14-8-15-38-34-20-17-27-9-3-4-12-32(27)40(34)26-41(44(37)38)39(33)24-30/h3-26H,1-2H3. The summed E-state index contributed by atoms with van der Waals surface area (Å²) in [4.78, 5) is 0. The third-order valence-electron chi connectivity index (χ3n) is 10.6. The van der Waals surface area contributed by atoms with Crippen LogP contribution in [-0.4, -0.2) is 0 Å². The average molecular weight is 571 g/mol. The topological polar surface area (TPSA) is 0 Å². The molecule has 0 spiro atoms. The van der Waals surface area contributed by atoms with Crippen molar-refractivity contribution in [1.82, 2.24) is 0 Å². The fraction of sp³-hybridized carbons (Fsp3) is 0.0667. The Morgan fingerprint density at radius 2 is 1.00 bits per heavy atom. The molecule has 0 N–H and O–H groups in total. The fourth-order valence-electron chi connectivity index (χ4n) is 8.35. The van der Waals surface area contributed by atoms with Gasteiger partial charge in [-0.05, 0) is 123 Å². The third-order valence-corrected chi connectivity index (χ3v) is 10.6. The molecule has 0 aliphatic heterocycles. The molecule has 0 fully saturated rings. The lowest BCUT2D eigenvalue weighted by Crippen LogP contribution is -2.14. The van der Waals surface area contributed by atoms with E-state index in [0.29, 0.717) is 0 Å². The van der Waals surface area contributed by atoms with Crippen molar-refractivity contribution in [2.45, 2.75) is 19.3 Å². The van der Waals surface area contributed by atoms with Gasteiger partial charge in [-0.2, -0.15) is 0 Å². The number of hydrogen-bond acceptors (Lipinski definition) is 0. The van der Waals surface area contributed by atoms with Crippen LogP contribution in [0.4, 0.5) is 0 Å². The molecular formula is C45H30. The number of benzene rings is 8. The lowest BCUT2D eigenvalue weighted by atomic mass is 9.81. The number of rotatable bonds is 2. The molecule has 0 heteroatoms. The molecular weight excluding hydrogens is 540 g/mol. The van der Waals surface area contributed by atoms with Gasteiger partial charge in [0.15, 0.2) is 0 Å². The Balaban J connectivity index is 1.11. The van der Waals surface area contributed by atoms with E-state index in [9.17, 15) is 0 Å². The largest absolute Gasteiger partial charge is 0.0619 e. The predicted molar refractivity (Wildman–Crippen MR) is 192 cm³/mol. The molecule has 210 valence electrons. The van der Waals surface area contributed by atoms with E-state index in [-0.39, 0.29) is 5.41 Å². The second-order valence-electron chi connectivity index (χ2n) is 13.3. The van der Waals surface area contributed by atoms with Gasteiger partial charge in [-0.3, -0.25) is 0 Å². The average Bonchev–Trinajstić information content (AvgIpc) is 3.53. The maximum atomic E-state index is 2.44. The van der Waals surface area contributed by atoms with Crippen LogP contribution < -0.4 is 0 Å². The smallest absolute Gasteiger partial charge is 0.0159 e. The van der Waals surface area contributed by atoms with Gasteiger partial charge in [-0.25, -0.2) is 0 Å². The molecule has 0 radical (unpaired) electrons. The number of hydrogen-bond donors (Lipinski definition) is 0. The highest BCUT2D eigenvalue weighted by Crippen LogP contribution is 2.52. The summed E-state index contributed by atoms with van der Waals surface area (Å²) in [5.74, 6) is 0. The molecule has 8 aromatic rings. The van der Waals surface area contributed by atoms with E-state index in [2.05, 4.69) is 159 Å². The van der Waals surface area contributed by atoms with Crippen molar-refractivity contribution in [3.8, 4) is 55.6 Å². The summed E-state index contributed by atoms with van der Waals surface area (Å²) in [6.45, 7) is 4.71. The summed E-state index contributed by atoms with van der Waals surface area (Å²) in [5, 5.41) is 7.98. The van der Waals surface area contributed by atoms with Crippen LogP contribution >= 0.6 is 0 Å². The molecule has 10 rings (SSSR count). The SMILES string of the molecule is CC1(C)c2ccccc2-c2ccc(-c3cccc(-c4ccc5c(c4)-c4cc6c7ccccc7ccc6c6cccc-5c46)c3)cc21. The van der Waals surface area contributed by atoms with Crippen molar-refractivity contribution in [1.29, 1.82) is 0 Å². The van der Waals surface area contributed by atoms with Crippen LogP contribution in [0.15, 0.2) is 146 Å². The molecule has 45 heavy (non-hydrogen) atoms. The highest BCUT2D eigenvalue weighted by molar-refractivity contribution is 6.27. The second kappa shape index (κ2) is 8.80. The van der Waals surface area contributed by atoms with Crippen LogP contribution in [0, 0.1) is 0 Å². The molecule has 2 aliphatic rings. The summed E-state index contributed by atoms with van der Waals surface area (Å²) in [5.41, 5.74) is 15.9. The van der Waals surface area contributed by atoms with Crippen molar-refractivity contribution >= 4 is 32.3 Å². The lowest BCUT2D eigenvalue weighted by Gasteiger charge is -2.22. The second-order valence-corrected chi connectivity index (χ2v) is 13.3. The first kappa shape index (κ1) is 24.9. The van der Waals surface area contributed by atoms with Gasteiger partial charge in [-0.1, -0.05) is 135 Å². The minimum atomic E-state index is -0.00888. The lowest BCUT2D eigenvalue weighted by molar-refractivity contribution is 0.660. The van der Waals surface area contributed by atoms with Crippen LogP contribution in [0.3, 0.4) is 0 Å². The van der Waals surface area contributed by atoms with Gasteiger partial charge in [0.25, 0.3) is 0 Å². The quantitative estimate of drug-likeness (QED) is 0.181. The van der Waals surface area contributed by atoms with Gasteiger partial charge in [0, 0.05) is 5.41 Å². The normalized spacial score (nSPS) is 13.7. The minimum absolute atomic E-state index is 0.00888. The van der Waals surface area contributed by atoms with E-state index in [4.69, 9.17) is 0 Å². The molecule has 0 amide bonds. The van der Waals surface area contributed by atoms with Crippen LogP contribution in [0.25, 0.3) is 88.0 Å². The van der Waals surface area contributed by atoms with Gasteiger partial charge in [0.05, 0.1) is 0 Å². The van der Waals surface area contributed by atoms with Gasteiger partial charge >= 0.3 is 0 Å². The Morgan fingerprint density at radius 1 is 0.333 bits per heavy atom. The molecule has 0 unspecified atom stereocenters. The van der Waals surface area contributed by atoms with E-state index < -0.39 is 0 Å². The summed E-state index contributed by atoms with van der Waals surface area (Å²) in [7, 11) is 0. The third kappa shape index (κ3) is 3.37. The molecule has 8 aromatic carbocycles. The molecule has 0 nitrogen and oxygen atoms in total. The molecule has 0 bridgehead atoms. The van der Waals surface area contributed by atoms with Crippen molar-refractivity contribution in [2.24, 2.45) is 0 Å². The molecule has 0 heterocycles. The molecule has 0 atom stereocenters. The van der Waals surface area contributed by atoms with Crippen LogP contribution in [0.1, 0.15) is 25.0 Å². The molecule has 0 saturated carbocycles. The Labute approximate surface area is 263 Å². The van der Waals surface area contributed by atoms with E-state index in [1.165, 1.54) is 99.1 Å². The maximum absolute atomic E-state index is 2.44. The van der Waals surface area contributed by atoms with E-state index in [0.717, 1.165) is 0 Å². The Bertz CT molecular complexity index is 2560. The minimum Gasteiger partial charge on any atom is -0.0619 e. The zero-order chi connectivity index (χ0) is 29.9. The fourth-order valence-corrected chi connectivity index (χ4v) is 8.35. The van der Waals surface area contributed by atoms with Gasteiger partial charge in [0.1, 0.15) is 0 Å². The summed E-state index contributed by atoms with van der Waals surface area (Å²) >= 11 is 0. The van der Waals surface area contributed by atoms with Crippen LogP contribution in [0.2, 0.25) is 0 Å². The zero-order valence-electron chi connectivity index (χ0n) is 25.4. The predicted octanol–water partition coefficient (Wildman–Crippen LogP) is 12.4. The van der Waals surface area contributed by atoms with Gasteiger partial charge < -0.3 is 0 Å². The van der Waals surface area contributed by atoms with Crippen molar-refractivity contribution < 1.29 is 0 Å². The van der Waals surface area contributed by atoms with E-state index in [1.54, 1.807) is 0 Å². The van der Waals surface area contributed by atoms with Crippen LogP contribution in [0.5, 0.6) is 0 Å². The van der Waals surface area contributed by atoms with Crippen molar-refractivity contribution in [3.63, 3.8) is 0 Å². The highest BCUT2D eigenvalue weighted by atomic mass is 14.4. The maximum Gasteiger partial charge on any atom is 0.0159 e. The Morgan fingerprint density at radius 3 is 1.89 bits per heavy atom. The first-order valence-electron chi connectivity index (χ1n) is 15.9. The first-order valence-corrected chi connectivity index (χ1v) is 15.9. The van der Waals surface area contributed by atoms with E-state index in [1.807, 2.05) is 0 Å². The summed E-state index contributed by atoms with van der Waals surface area (Å²) < 4.78 is 0. The van der Waals surface area contributed by atoms with Crippen molar-refractivity contribution in [2.75, 3.05) is 0 Å². The van der Waals surface area contributed by atoms with E-state index >= 15 is 0 Å². The molecule has 0 aromatic heterocycles. The summed E-state index contributed by atoms with van der Waals surface area (Å²) in [6, 6.07) is 54.6. The summed E-state index contributed by atoms with van der Waals surface area (Å²) in [6.07, 6.45) is 0. The first-order chi connectivity index (χ1) is 22.1. The highest BCUT2D eigenvalue weighted by Gasteiger charge is 2.35. The Hall–Kier alpha value is -5.46. The zero-order valence-corrected chi connectivity index (χ0v) is 25.4. The monoisotopic (exact) mass is 570 g/mol. The van der Waals surface area contributed by atoms with Crippen molar-refractivity contribution in [3.05, 3.63) is 157 Å².